The lowest BCUT2D eigenvalue weighted by molar-refractivity contribution is 0.0950. The Kier molecular flexibility index (Phi) is 5.57. The number of phenolic OH excluding ortho intramolecular Hbond substituents is 1. The number of hydrogen-bond donors (Lipinski definition) is 3. The van der Waals surface area contributed by atoms with Crippen molar-refractivity contribution in [2.75, 3.05) is 0 Å². The van der Waals surface area contributed by atoms with Crippen LogP contribution in [0.1, 0.15) is 68.7 Å². The average Bonchev–Trinajstić information content (AvgIpc) is 3.32. The highest BCUT2D eigenvalue weighted by molar-refractivity contribution is 5.94. The molecule has 0 aliphatic heterocycles. The molecule has 3 rings (SSSR count). The normalized spacial score (nSPS) is 12.5. The molecule has 2 aromatic heterocycles. The fourth-order valence-corrected chi connectivity index (χ4v) is 3.09. The number of aromatic amines is 1. The van der Waals surface area contributed by atoms with E-state index in [1.807, 2.05) is 53.7 Å². The Bertz CT molecular complexity index is 1030. The highest BCUT2D eigenvalue weighted by atomic mass is 16.3. The molecule has 158 valence electrons. The van der Waals surface area contributed by atoms with Crippen LogP contribution in [0.3, 0.4) is 0 Å². The SMILES string of the molecule is CC(C)(C)c1cc(C=NNC(=O)c2cc(-c3ccco3)[nH]n2)cc(C(C)(C)C)c1O. The van der Waals surface area contributed by atoms with Crippen molar-refractivity contribution >= 4 is 12.1 Å². The van der Waals surface area contributed by atoms with Gasteiger partial charge < -0.3 is 9.52 Å². The largest absolute Gasteiger partial charge is 0.507 e. The van der Waals surface area contributed by atoms with Crippen LogP contribution in [-0.4, -0.2) is 27.4 Å². The second-order valence-corrected chi connectivity index (χ2v) is 9.31. The summed E-state index contributed by atoms with van der Waals surface area (Å²) in [4.78, 5) is 12.3. The molecular formula is C23H28N4O3. The van der Waals surface area contributed by atoms with Gasteiger partial charge in [0.25, 0.3) is 5.91 Å². The first-order chi connectivity index (χ1) is 14.0. The molecule has 0 unspecified atom stereocenters. The Balaban J connectivity index is 1.81. The van der Waals surface area contributed by atoms with Crippen LogP contribution >= 0.6 is 0 Å². The minimum absolute atomic E-state index is 0.204. The number of benzene rings is 1. The van der Waals surface area contributed by atoms with E-state index in [1.54, 1.807) is 30.7 Å². The standard InChI is InChI=1S/C23H28N4O3/c1-22(2,3)15-10-14(11-16(20(15)28)23(4,5)6)13-24-27-21(29)18-12-17(25-26-18)19-8-7-9-30-19/h7-13,28H,1-6H3,(H,25,26)(H,27,29). The van der Waals surface area contributed by atoms with Gasteiger partial charge in [-0.1, -0.05) is 41.5 Å². The number of carbonyl (C=O) groups is 1. The zero-order chi connectivity index (χ0) is 22.1. The molecular weight excluding hydrogens is 380 g/mol. The summed E-state index contributed by atoms with van der Waals surface area (Å²) in [5, 5.41) is 21.6. The molecule has 0 saturated heterocycles. The van der Waals surface area contributed by atoms with E-state index in [0.29, 0.717) is 17.2 Å². The van der Waals surface area contributed by atoms with Gasteiger partial charge in [0.1, 0.15) is 11.4 Å². The Morgan fingerprint density at radius 1 is 1.13 bits per heavy atom. The molecule has 1 aromatic carbocycles. The monoisotopic (exact) mass is 408 g/mol. The number of nitrogens with one attached hydrogen (secondary N) is 2. The predicted molar refractivity (Wildman–Crippen MR) is 117 cm³/mol. The minimum atomic E-state index is -0.439. The number of carbonyl (C=O) groups excluding carboxylic acids is 1. The first kappa shape index (κ1) is 21.4. The fourth-order valence-electron chi connectivity index (χ4n) is 3.09. The van der Waals surface area contributed by atoms with Gasteiger partial charge in [0.2, 0.25) is 0 Å². The van der Waals surface area contributed by atoms with Crippen molar-refractivity contribution in [2.45, 2.75) is 52.4 Å². The number of aromatic hydroxyl groups is 1. The van der Waals surface area contributed by atoms with Crippen molar-refractivity contribution in [1.82, 2.24) is 15.6 Å². The summed E-state index contributed by atoms with van der Waals surface area (Å²) in [5.41, 5.74) is 5.28. The molecule has 0 radical (unpaired) electrons. The van der Waals surface area contributed by atoms with Gasteiger partial charge in [-0.25, -0.2) is 5.43 Å². The molecule has 0 aliphatic rings. The van der Waals surface area contributed by atoms with Gasteiger partial charge in [-0.2, -0.15) is 10.2 Å². The van der Waals surface area contributed by atoms with Gasteiger partial charge in [-0.15, -0.1) is 0 Å². The molecule has 1 amide bonds. The van der Waals surface area contributed by atoms with E-state index >= 15 is 0 Å². The second-order valence-electron chi connectivity index (χ2n) is 9.31. The van der Waals surface area contributed by atoms with E-state index in [9.17, 15) is 9.90 Å². The molecule has 30 heavy (non-hydrogen) atoms. The molecule has 0 fully saturated rings. The fraction of sp³-hybridized carbons (Fsp3) is 0.348. The number of nitrogens with zero attached hydrogens (tertiary/aromatic N) is 2. The van der Waals surface area contributed by atoms with Crippen molar-refractivity contribution in [3.05, 3.63) is 59.0 Å². The highest BCUT2D eigenvalue weighted by Gasteiger charge is 2.26. The van der Waals surface area contributed by atoms with Crippen molar-refractivity contribution in [3.8, 4) is 17.2 Å². The van der Waals surface area contributed by atoms with Crippen LogP contribution in [0.2, 0.25) is 0 Å². The number of H-pyrrole nitrogens is 1. The number of furan rings is 1. The van der Waals surface area contributed by atoms with Gasteiger partial charge in [-0.05, 0) is 40.7 Å². The van der Waals surface area contributed by atoms with Crippen molar-refractivity contribution in [3.63, 3.8) is 0 Å². The third-order valence-corrected chi connectivity index (χ3v) is 4.73. The summed E-state index contributed by atoms with van der Waals surface area (Å²) in [7, 11) is 0. The van der Waals surface area contributed by atoms with Gasteiger partial charge in [0.05, 0.1) is 12.5 Å². The van der Waals surface area contributed by atoms with Crippen LogP contribution < -0.4 is 5.43 Å². The van der Waals surface area contributed by atoms with Gasteiger partial charge in [0.15, 0.2) is 11.5 Å². The van der Waals surface area contributed by atoms with E-state index in [4.69, 9.17) is 4.42 Å². The van der Waals surface area contributed by atoms with Crippen LogP contribution in [0.25, 0.3) is 11.5 Å². The Labute approximate surface area is 176 Å². The van der Waals surface area contributed by atoms with Crippen LogP contribution in [0, 0.1) is 0 Å². The lowest BCUT2D eigenvalue weighted by atomic mass is 9.78. The van der Waals surface area contributed by atoms with Crippen molar-refractivity contribution in [2.24, 2.45) is 5.10 Å². The van der Waals surface area contributed by atoms with Gasteiger partial charge in [-0.3, -0.25) is 9.89 Å². The number of phenols is 1. The summed E-state index contributed by atoms with van der Waals surface area (Å²) in [6, 6.07) is 8.92. The average molecular weight is 409 g/mol. The van der Waals surface area contributed by atoms with Crippen LogP contribution in [0.5, 0.6) is 5.75 Å². The molecule has 0 spiro atoms. The topological polar surface area (TPSA) is 104 Å². The molecule has 3 N–H and O–H groups in total. The molecule has 7 heteroatoms. The van der Waals surface area contributed by atoms with E-state index in [2.05, 4.69) is 20.7 Å². The number of rotatable bonds is 4. The molecule has 7 nitrogen and oxygen atoms in total. The van der Waals surface area contributed by atoms with Crippen LogP contribution in [0.15, 0.2) is 46.1 Å². The zero-order valence-corrected chi connectivity index (χ0v) is 18.2. The Hall–Kier alpha value is -3.35. The van der Waals surface area contributed by atoms with Crippen molar-refractivity contribution in [1.29, 1.82) is 0 Å². The maximum Gasteiger partial charge on any atom is 0.291 e. The third-order valence-electron chi connectivity index (χ3n) is 4.73. The zero-order valence-electron chi connectivity index (χ0n) is 18.2. The first-order valence-corrected chi connectivity index (χ1v) is 9.77. The van der Waals surface area contributed by atoms with E-state index in [-0.39, 0.29) is 16.5 Å². The summed E-state index contributed by atoms with van der Waals surface area (Å²) >= 11 is 0. The number of aromatic nitrogens is 2. The van der Waals surface area contributed by atoms with E-state index in [1.165, 1.54) is 0 Å². The third kappa shape index (κ3) is 4.62. The van der Waals surface area contributed by atoms with Gasteiger partial charge in [0, 0.05) is 17.2 Å². The van der Waals surface area contributed by atoms with E-state index < -0.39 is 5.91 Å². The first-order valence-electron chi connectivity index (χ1n) is 9.77. The number of hydrazone groups is 1. The highest BCUT2D eigenvalue weighted by Crippen LogP contribution is 2.39. The van der Waals surface area contributed by atoms with Crippen LogP contribution in [0.4, 0.5) is 0 Å². The predicted octanol–water partition coefficient (Wildman–Crippen LogP) is 4.73. The quantitative estimate of drug-likeness (QED) is 0.429. The number of amides is 1. The van der Waals surface area contributed by atoms with Crippen LogP contribution in [-0.2, 0) is 10.8 Å². The minimum Gasteiger partial charge on any atom is -0.507 e. The summed E-state index contributed by atoms with van der Waals surface area (Å²) < 4.78 is 5.29. The second kappa shape index (κ2) is 7.82. The molecule has 0 atom stereocenters. The van der Waals surface area contributed by atoms with Gasteiger partial charge >= 0.3 is 0 Å². The van der Waals surface area contributed by atoms with Crippen molar-refractivity contribution < 1.29 is 14.3 Å². The smallest absolute Gasteiger partial charge is 0.291 e. The maximum atomic E-state index is 12.3. The Morgan fingerprint density at radius 2 is 1.77 bits per heavy atom. The summed E-state index contributed by atoms with van der Waals surface area (Å²) in [5.74, 6) is 0.461. The lowest BCUT2D eigenvalue weighted by Crippen LogP contribution is -2.19. The Morgan fingerprint density at radius 3 is 2.30 bits per heavy atom. The molecule has 0 saturated carbocycles. The summed E-state index contributed by atoms with van der Waals surface area (Å²) in [6.45, 7) is 12.3. The number of hydrogen-bond acceptors (Lipinski definition) is 5. The molecule has 2 heterocycles. The molecule has 0 bridgehead atoms. The summed E-state index contributed by atoms with van der Waals surface area (Å²) in [6.07, 6.45) is 3.12. The maximum absolute atomic E-state index is 12.3. The lowest BCUT2D eigenvalue weighted by Gasteiger charge is -2.27. The molecule has 0 aliphatic carbocycles. The van der Waals surface area contributed by atoms with E-state index in [0.717, 1.165) is 16.7 Å². The molecule has 3 aromatic rings.